The van der Waals surface area contributed by atoms with Crippen molar-refractivity contribution in [2.75, 3.05) is 5.32 Å². The first-order chi connectivity index (χ1) is 9.08. The lowest BCUT2D eigenvalue weighted by Gasteiger charge is -2.08. The molecule has 0 spiro atoms. The van der Waals surface area contributed by atoms with Crippen LogP contribution < -0.4 is 10.6 Å². The maximum absolute atomic E-state index is 11.1. The second kappa shape index (κ2) is 5.53. The van der Waals surface area contributed by atoms with Gasteiger partial charge in [-0.3, -0.25) is 4.68 Å². The Kier molecular flexibility index (Phi) is 3.81. The van der Waals surface area contributed by atoms with Gasteiger partial charge in [0, 0.05) is 7.05 Å². The van der Waals surface area contributed by atoms with Crippen molar-refractivity contribution in [2.45, 2.75) is 6.54 Å². The summed E-state index contributed by atoms with van der Waals surface area (Å²) in [5.74, 6) is -0.342. The fourth-order valence-electron chi connectivity index (χ4n) is 1.53. The molecule has 0 bridgehead atoms. The first-order valence-corrected chi connectivity index (χ1v) is 5.81. The van der Waals surface area contributed by atoms with E-state index < -0.39 is 5.97 Å². The van der Waals surface area contributed by atoms with Gasteiger partial charge in [0.05, 0.1) is 24.7 Å². The minimum atomic E-state index is -1.07. The first kappa shape index (κ1) is 13.1. The SMILES string of the molecule is Cn1ncc(NC(=S)NCc2ccco2)c1C(=O)O. The second-order valence-corrected chi connectivity index (χ2v) is 4.13. The van der Waals surface area contributed by atoms with Gasteiger partial charge in [0.15, 0.2) is 10.8 Å². The fourth-order valence-corrected chi connectivity index (χ4v) is 1.71. The number of furan rings is 1. The smallest absolute Gasteiger partial charge is 0.356 e. The molecule has 0 aromatic carbocycles. The van der Waals surface area contributed by atoms with E-state index in [2.05, 4.69) is 15.7 Å². The number of nitrogens with zero attached hydrogens (tertiary/aromatic N) is 2. The predicted molar refractivity (Wildman–Crippen MR) is 71.9 cm³/mol. The van der Waals surface area contributed by atoms with E-state index >= 15 is 0 Å². The summed E-state index contributed by atoms with van der Waals surface area (Å²) in [5.41, 5.74) is 0.383. The van der Waals surface area contributed by atoms with Crippen LogP contribution in [0.15, 0.2) is 29.0 Å². The van der Waals surface area contributed by atoms with E-state index in [1.807, 2.05) is 6.07 Å². The van der Waals surface area contributed by atoms with Gasteiger partial charge < -0.3 is 20.2 Å². The Bertz CT molecular complexity index is 591. The van der Waals surface area contributed by atoms with Crippen molar-refractivity contribution >= 4 is 29.0 Å². The zero-order valence-corrected chi connectivity index (χ0v) is 10.9. The largest absolute Gasteiger partial charge is 0.476 e. The van der Waals surface area contributed by atoms with Crippen molar-refractivity contribution in [3.05, 3.63) is 36.0 Å². The van der Waals surface area contributed by atoms with Crippen molar-refractivity contribution in [1.29, 1.82) is 0 Å². The van der Waals surface area contributed by atoms with Gasteiger partial charge in [-0.15, -0.1) is 0 Å². The molecule has 0 amide bonds. The number of anilines is 1. The molecular weight excluding hydrogens is 268 g/mol. The van der Waals surface area contributed by atoms with E-state index in [-0.39, 0.29) is 5.69 Å². The number of carboxylic acid groups (broad SMARTS) is 1. The molecule has 0 radical (unpaired) electrons. The minimum Gasteiger partial charge on any atom is -0.476 e. The highest BCUT2D eigenvalue weighted by molar-refractivity contribution is 7.80. The molecule has 3 N–H and O–H groups in total. The van der Waals surface area contributed by atoms with Crippen LogP contribution >= 0.6 is 12.2 Å². The lowest BCUT2D eigenvalue weighted by molar-refractivity contribution is 0.0686. The summed E-state index contributed by atoms with van der Waals surface area (Å²) in [5, 5.41) is 18.9. The predicted octanol–water partition coefficient (Wildman–Crippen LogP) is 1.20. The summed E-state index contributed by atoms with van der Waals surface area (Å²) in [6, 6.07) is 3.58. The summed E-state index contributed by atoms with van der Waals surface area (Å²) in [7, 11) is 1.55. The van der Waals surface area contributed by atoms with Crippen LogP contribution in [-0.4, -0.2) is 26.0 Å². The van der Waals surface area contributed by atoms with Gasteiger partial charge in [0.25, 0.3) is 0 Å². The van der Waals surface area contributed by atoms with Crippen molar-refractivity contribution in [3.63, 3.8) is 0 Å². The Labute approximate surface area is 114 Å². The van der Waals surface area contributed by atoms with Gasteiger partial charge in [0.2, 0.25) is 0 Å². The number of hydrogen-bond donors (Lipinski definition) is 3. The van der Waals surface area contributed by atoms with E-state index in [4.69, 9.17) is 21.7 Å². The molecule has 0 saturated carbocycles. The molecule has 19 heavy (non-hydrogen) atoms. The molecule has 0 aliphatic carbocycles. The molecule has 0 aliphatic rings. The summed E-state index contributed by atoms with van der Waals surface area (Å²) in [6.07, 6.45) is 2.97. The van der Waals surface area contributed by atoms with Gasteiger partial charge in [-0.1, -0.05) is 0 Å². The van der Waals surface area contributed by atoms with Gasteiger partial charge in [-0.05, 0) is 24.4 Å². The summed E-state index contributed by atoms with van der Waals surface area (Å²) in [4.78, 5) is 11.1. The lowest BCUT2D eigenvalue weighted by atomic mass is 10.3. The Morgan fingerprint density at radius 3 is 3.05 bits per heavy atom. The third-order valence-electron chi connectivity index (χ3n) is 2.39. The average molecular weight is 280 g/mol. The van der Waals surface area contributed by atoms with Crippen LogP contribution in [0.1, 0.15) is 16.2 Å². The minimum absolute atomic E-state index is 0.0437. The molecule has 0 unspecified atom stereocenters. The lowest BCUT2D eigenvalue weighted by Crippen LogP contribution is -2.28. The average Bonchev–Trinajstić information content (AvgIpc) is 2.96. The summed E-state index contributed by atoms with van der Waals surface area (Å²) >= 11 is 5.07. The fraction of sp³-hybridized carbons (Fsp3) is 0.182. The maximum Gasteiger partial charge on any atom is 0.356 e. The van der Waals surface area contributed by atoms with Crippen LogP contribution in [0.2, 0.25) is 0 Å². The van der Waals surface area contributed by atoms with Crippen LogP contribution in [0.4, 0.5) is 5.69 Å². The Hall–Kier alpha value is -2.35. The van der Waals surface area contributed by atoms with E-state index in [0.29, 0.717) is 17.3 Å². The molecule has 0 saturated heterocycles. The molecule has 0 fully saturated rings. The Morgan fingerprint density at radius 2 is 2.42 bits per heavy atom. The monoisotopic (exact) mass is 280 g/mol. The van der Waals surface area contributed by atoms with Crippen LogP contribution in [0.25, 0.3) is 0 Å². The van der Waals surface area contributed by atoms with E-state index in [9.17, 15) is 4.79 Å². The summed E-state index contributed by atoms with van der Waals surface area (Å²) < 4.78 is 6.40. The molecule has 7 nitrogen and oxygen atoms in total. The molecule has 8 heteroatoms. The number of carbonyl (C=O) groups is 1. The maximum atomic E-state index is 11.1. The van der Waals surface area contributed by atoms with Crippen molar-refractivity contribution in [3.8, 4) is 0 Å². The number of aryl methyl sites for hydroxylation is 1. The molecule has 2 aromatic heterocycles. The topological polar surface area (TPSA) is 92.3 Å². The zero-order chi connectivity index (χ0) is 13.8. The molecule has 2 rings (SSSR count). The number of hydrogen-bond acceptors (Lipinski definition) is 4. The van der Waals surface area contributed by atoms with Crippen LogP contribution in [0, 0.1) is 0 Å². The number of carboxylic acids is 1. The molecular formula is C11H12N4O3S. The van der Waals surface area contributed by atoms with Gasteiger partial charge in [0.1, 0.15) is 5.76 Å². The number of aromatic carboxylic acids is 1. The van der Waals surface area contributed by atoms with Crippen LogP contribution in [0.5, 0.6) is 0 Å². The summed E-state index contributed by atoms with van der Waals surface area (Å²) in [6.45, 7) is 0.418. The number of nitrogens with one attached hydrogen (secondary N) is 2. The van der Waals surface area contributed by atoms with E-state index in [1.165, 1.54) is 10.9 Å². The van der Waals surface area contributed by atoms with Gasteiger partial charge in [-0.2, -0.15) is 5.10 Å². The van der Waals surface area contributed by atoms with Gasteiger partial charge in [-0.25, -0.2) is 4.79 Å². The Balaban J connectivity index is 1.97. The molecule has 0 aliphatic heterocycles. The number of aromatic nitrogens is 2. The van der Waals surface area contributed by atoms with E-state index in [1.54, 1.807) is 19.4 Å². The first-order valence-electron chi connectivity index (χ1n) is 5.40. The molecule has 2 aromatic rings. The molecule has 0 atom stereocenters. The highest BCUT2D eigenvalue weighted by atomic mass is 32.1. The molecule has 100 valence electrons. The molecule has 2 heterocycles. The highest BCUT2D eigenvalue weighted by Gasteiger charge is 2.16. The van der Waals surface area contributed by atoms with Crippen molar-refractivity contribution in [1.82, 2.24) is 15.1 Å². The van der Waals surface area contributed by atoms with Crippen LogP contribution in [0.3, 0.4) is 0 Å². The number of thiocarbonyl (C=S) groups is 1. The highest BCUT2D eigenvalue weighted by Crippen LogP contribution is 2.13. The Morgan fingerprint density at radius 1 is 1.63 bits per heavy atom. The third-order valence-corrected chi connectivity index (χ3v) is 2.64. The third kappa shape index (κ3) is 3.10. The second-order valence-electron chi connectivity index (χ2n) is 3.72. The number of rotatable bonds is 4. The van der Waals surface area contributed by atoms with Crippen molar-refractivity contribution in [2.24, 2.45) is 7.05 Å². The zero-order valence-electron chi connectivity index (χ0n) is 10.1. The van der Waals surface area contributed by atoms with Crippen LogP contribution in [-0.2, 0) is 13.6 Å². The van der Waals surface area contributed by atoms with E-state index in [0.717, 1.165) is 5.76 Å². The quantitative estimate of drug-likeness (QED) is 0.725. The standard InChI is InChI=1S/C11H12N4O3S/c1-15-9(10(16)17)8(6-13-15)14-11(19)12-5-7-3-2-4-18-7/h2-4,6H,5H2,1H3,(H,16,17)(H2,12,14,19). The van der Waals surface area contributed by atoms with Crippen molar-refractivity contribution < 1.29 is 14.3 Å². The van der Waals surface area contributed by atoms with Gasteiger partial charge >= 0.3 is 5.97 Å². The normalized spacial score (nSPS) is 10.2.